The van der Waals surface area contributed by atoms with Crippen LogP contribution in [0.2, 0.25) is 0 Å². The van der Waals surface area contributed by atoms with Crippen LogP contribution < -0.4 is 5.32 Å². The fraction of sp³-hybridized carbons (Fsp3) is 0.357. The van der Waals surface area contributed by atoms with Crippen LogP contribution in [0.1, 0.15) is 10.4 Å². The number of hydrogen-bond donors (Lipinski definition) is 2. The predicted molar refractivity (Wildman–Crippen MR) is 84.2 cm³/mol. The van der Waals surface area contributed by atoms with Crippen LogP contribution >= 0.6 is 23.5 Å². The maximum atomic E-state index is 12.1. The molecule has 1 unspecified atom stereocenters. The van der Waals surface area contributed by atoms with Crippen molar-refractivity contribution in [1.29, 1.82) is 0 Å². The number of amides is 1. The largest absolute Gasteiger partial charge is 0.361 e. The zero-order valence-electron chi connectivity index (χ0n) is 10.5. The van der Waals surface area contributed by atoms with E-state index < -0.39 is 0 Å². The Labute approximate surface area is 120 Å². The van der Waals surface area contributed by atoms with E-state index in [2.05, 4.69) is 10.3 Å². The Morgan fingerprint density at radius 1 is 1.37 bits per heavy atom. The first-order valence-electron chi connectivity index (χ1n) is 6.37. The number of nitrogens with one attached hydrogen (secondary N) is 2. The normalized spacial score (nSPS) is 19.5. The number of aromatic nitrogens is 1. The highest BCUT2D eigenvalue weighted by Gasteiger charge is 2.15. The van der Waals surface area contributed by atoms with E-state index in [1.807, 2.05) is 54.0 Å². The van der Waals surface area contributed by atoms with Gasteiger partial charge >= 0.3 is 0 Å². The van der Waals surface area contributed by atoms with E-state index in [-0.39, 0.29) is 5.91 Å². The van der Waals surface area contributed by atoms with Crippen molar-refractivity contribution in [2.45, 2.75) is 5.25 Å². The summed E-state index contributed by atoms with van der Waals surface area (Å²) >= 11 is 3.94. The molecule has 0 saturated carbocycles. The second kappa shape index (κ2) is 5.92. The van der Waals surface area contributed by atoms with Gasteiger partial charge in [-0.2, -0.15) is 23.5 Å². The van der Waals surface area contributed by atoms with Crippen molar-refractivity contribution in [2.24, 2.45) is 0 Å². The van der Waals surface area contributed by atoms with Crippen LogP contribution in [0.25, 0.3) is 10.9 Å². The summed E-state index contributed by atoms with van der Waals surface area (Å²) in [6, 6.07) is 7.75. The molecule has 2 heterocycles. The number of fused-ring (bicyclic) bond motifs is 1. The summed E-state index contributed by atoms with van der Waals surface area (Å²) in [5, 5.41) is 4.68. The maximum absolute atomic E-state index is 12.1. The number of aromatic amines is 1. The van der Waals surface area contributed by atoms with Gasteiger partial charge in [0.2, 0.25) is 0 Å². The van der Waals surface area contributed by atoms with Crippen LogP contribution in [0.5, 0.6) is 0 Å². The lowest BCUT2D eigenvalue weighted by atomic mass is 10.1. The molecule has 0 radical (unpaired) electrons. The van der Waals surface area contributed by atoms with E-state index in [9.17, 15) is 4.79 Å². The van der Waals surface area contributed by atoms with E-state index >= 15 is 0 Å². The summed E-state index contributed by atoms with van der Waals surface area (Å²) in [6.45, 7) is 0.766. The molecule has 2 aromatic rings. The fourth-order valence-corrected chi connectivity index (χ4v) is 4.77. The highest BCUT2D eigenvalue weighted by atomic mass is 32.2. The van der Waals surface area contributed by atoms with E-state index in [1.165, 1.54) is 11.5 Å². The fourth-order valence-electron chi connectivity index (χ4n) is 2.16. The Bertz CT molecular complexity index is 576. The van der Waals surface area contributed by atoms with Crippen molar-refractivity contribution in [3.63, 3.8) is 0 Å². The van der Waals surface area contributed by atoms with Gasteiger partial charge in [0.1, 0.15) is 0 Å². The first kappa shape index (κ1) is 12.9. The summed E-state index contributed by atoms with van der Waals surface area (Å²) in [7, 11) is 0. The molecule has 5 heteroatoms. The molecule has 1 aliphatic heterocycles. The number of carbonyl (C=O) groups is 1. The monoisotopic (exact) mass is 292 g/mol. The quantitative estimate of drug-likeness (QED) is 0.914. The SMILES string of the molecule is O=C(NCC1CSCCS1)c1ccc2[nH]ccc2c1. The molecule has 3 rings (SSSR count). The van der Waals surface area contributed by atoms with Gasteiger partial charge in [0.05, 0.1) is 0 Å². The number of thioether (sulfide) groups is 2. The van der Waals surface area contributed by atoms with E-state index in [1.54, 1.807) is 0 Å². The smallest absolute Gasteiger partial charge is 0.251 e. The summed E-state index contributed by atoms with van der Waals surface area (Å²) in [5.74, 6) is 3.60. The minimum atomic E-state index is 0.0271. The molecular formula is C14H16N2OS2. The molecule has 100 valence electrons. The van der Waals surface area contributed by atoms with Crippen molar-refractivity contribution in [3.05, 3.63) is 36.0 Å². The Hall–Kier alpha value is -1.07. The first-order valence-corrected chi connectivity index (χ1v) is 8.58. The van der Waals surface area contributed by atoms with E-state index in [0.29, 0.717) is 5.25 Å². The molecular weight excluding hydrogens is 276 g/mol. The number of rotatable bonds is 3. The Kier molecular flexibility index (Phi) is 4.03. The average Bonchev–Trinajstić information content (AvgIpc) is 2.93. The molecule has 1 aliphatic rings. The van der Waals surface area contributed by atoms with Crippen molar-refractivity contribution in [2.75, 3.05) is 23.8 Å². The molecule has 1 amide bonds. The number of carbonyl (C=O) groups excluding carboxylic acids is 1. The number of benzene rings is 1. The van der Waals surface area contributed by atoms with Crippen LogP contribution in [0.4, 0.5) is 0 Å². The standard InChI is InChI=1S/C14H16N2OS2/c17-14(16-8-12-9-18-5-6-19-12)11-1-2-13-10(7-11)3-4-15-13/h1-4,7,12,15H,5-6,8-9H2,(H,16,17). The molecule has 0 aliphatic carbocycles. The van der Waals surface area contributed by atoms with Crippen molar-refractivity contribution in [3.8, 4) is 0 Å². The van der Waals surface area contributed by atoms with Crippen molar-refractivity contribution < 1.29 is 4.79 Å². The molecule has 19 heavy (non-hydrogen) atoms. The summed E-state index contributed by atoms with van der Waals surface area (Å²) in [5.41, 5.74) is 1.80. The average molecular weight is 292 g/mol. The maximum Gasteiger partial charge on any atom is 0.251 e. The van der Waals surface area contributed by atoms with Crippen LogP contribution in [-0.4, -0.2) is 39.9 Å². The number of H-pyrrole nitrogens is 1. The van der Waals surface area contributed by atoms with Crippen molar-refractivity contribution in [1.82, 2.24) is 10.3 Å². The second-order valence-corrected chi connectivity index (χ2v) is 7.12. The van der Waals surface area contributed by atoms with Gasteiger partial charge in [-0.3, -0.25) is 4.79 Å². The van der Waals surface area contributed by atoms with Crippen molar-refractivity contribution >= 4 is 40.3 Å². The third-order valence-electron chi connectivity index (χ3n) is 3.19. The van der Waals surface area contributed by atoms with Gasteiger partial charge in [-0.15, -0.1) is 0 Å². The number of hydrogen-bond acceptors (Lipinski definition) is 3. The summed E-state index contributed by atoms with van der Waals surface area (Å²) in [6.07, 6.45) is 1.89. The topological polar surface area (TPSA) is 44.9 Å². The Morgan fingerprint density at radius 3 is 3.16 bits per heavy atom. The lowest BCUT2D eigenvalue weighted by Crippen LogP contribution is -2.33. The summed E-state index contributed by atoms with van der Waals surface area (Å²) in [4.78, 5) is 15.2. The van der Waals surface area contributed by atoms with Gasteiger partial charge in [-0.25, -0.2) is 0 Å². The van der Waals surface area contributed by atoms with Gasteiger partial charge in [-0.1, -0.05) is 0 Å². The van der Waals surface area contributed by atoms with Crippen LogP contribution in [-0.2, 0) is 0 Å². The van der Waals surface area contributed by atoms with Gasteiger partial charge in [0.15, 0.2) is 0 Å². The second-order valence-electron chi connectivity index (χ2n) is 4.56. The molecule has 1 saturated heterocycles. The molecule has 1 atom stereocenters. The zero-order valence-corrected chi connectivity index (χ0v) is 12.2. The lowest BCUT2D eigenvalue weighted by molar-refractivity contribution is 0.0954. The van der Waals surface area contributed by atoms with E-state index in [4.69, 9.17) is 0 Å². The zero-order chi connectivity index (χ0) is 13.1. The van der Waals surface area contributed by atoms with Crippen LogP contribution in [0.15, 0.2) is 30.5 Å². The third-order valence-corrected chi connectivity index (χ3v) is 6.04. The Morgan fingerprint density at radius 2 is 2.32 bits per heavy atom. The summed E-state index contributed by atoms with van der Waals surface area (Å²) < 4.78 is 0. The molecule has 2 N–H and O–H groups in total. The molecule has 1 fully saturated rings. The lowest BCUT2D eigenvalue weighted by Gasteiger charge is -2.21. The molecule has 0 bridgehead atoms. The highest BCUT2D eigenvalue weighted by molar-refractivity contribution is 8.06. The molecule has 0 spiro atoms. The van der Waals surface area contributed by atoms with E-state index in [0.717, 1.165) is 28.8 Å². The molecule has 1 aromatic heterocycles. The van der Waals surface area contributed by atoms with Gasteiger partial charge in [0, 0.05) is 51.7 Å². The molecule has 1 aromatic carbocycles. The third kappa shape index (κ3) is 3.09. The Balaban J connectivity index is 1.62. The minimum absolute atomic E-state index is 0.0271. The van der Waals surface area contributed by atoms with Crippen LogP contribution in [0.3, 0.4) is 0 Å². The van der Waals surface area contributed by atoms with Gasteiger partial charge in [-0.05, 0) is 24.3 Å². The highest BCUT2D eigenvalue weighted by Crippen LogP contribution is 2.23. The van der Waals surface area contributed by atoms with Crippen LogP contribution in [0, 0.1) is 0 Å². The predicted octanol–water partition coefficient (Wildman–Crippen LogP) is 2.75. The van der Waals surface area contributed by atoms with Gasteiger partial charge < -0.3 is 10.3 Å². The minimum Gasteiger partial charge on any atom is -0.361 e. The molecule has 3 nitrogen and oxygen atoms in total. The first-order chi connectivity index (χ1) is 9.33. The van der Waals surface area contributed by atoms with Gasteiger partial charge in [0.25, 0.3) is 5.91 Å².